The molecule has 4 amide bonds. The molecule has 2 fully saturated rings. The van der Waals surface area contributed by atoms with E-state index in [9.17, 15) is 38.0 Å². The Bertz CT molecular complexity index is 3000. The molecule has 4 N–H and O–H groups in total. The molecule has 0 bridgehead atoms. The first kappa shape index (κ1) is 50.1. The van der Waals surface area contributed by atoms with Gasteiger partial charge >= 0.3 is 0 Å². The summed E-state index contributed by atoms with van der Waals surface area (Å²) in [4.78, 5) is 66.1. The summed E-state index contributed by atoms with van der Waals surface area (Å²) in [6, 6.07) is 23.3. The predicted molar refractivity (Wildman–Crippen MR) is 261 cm³/mol. The highest BCUT2D eigenvalue weighted by Crippen LogP contribution is 2.36. The van der Waals surface area contributed by atoms with Gasteiger partial charge in [0.15, 0.2) is 21.5 Å². The molecule has 2 saturated heterocycles. The van der Waals surface area contributed by atoms with Crippen molar-refractivity contribution in [3.8, 4) is 6.07 Å². The van der Waals surface area contributed by atoms with Crippen molar-refractivity contribution in [2.75, 3.05) is 92.4 Å². The molecular weight excluding hydrogens is 936 g/mol. The lowest BCUT2D eigenvalue weighted by atomic mass is 10.0. The van der Waals surface area contributed by atoms with Gasteiger partial charge in [-0.05, 0) is 72.5 Å². The summed E-state index contributed by atoms with van der Waals surface area (Å²) in [5.41, 5.74) is 4.72. The van der Waals surface area contributed by atoms with E-state index in [1.165, 1.54) is 12.1 Å². The van der Waals surface area contributed by atoms with E-state index in [2.05, 4.69) is 36.9 Å². The number of anilines is 6. The molecule has 0 aliphatic carbocycles. The van der Waals surface area contributed by atoms with Crippen molar-refractivity contribution in [2.45, 2.75) is 43.9 Å². The van der Waals surface area contributed by atoms with E-state index in [4.69, 9.17) is 9.47 Å². The summed E-state index contributed by atoms with van der Waals surface area (Å²) in [5.74, 6) is -3.08. The van der Waals surface area contributed by atoms with Crippen LogP contribution in [0.3, 0.4) is 0 Å². The lowest BCUT2D eigenvalue weighted by Gasteiger charge is -2.36. The molecule has 19 nitrogen and oxygen atoms in total. The van der Waals surface area contributed by atoms with Gasteiger partial charge in [-0.25, -0.2) is 17.8 Å². The van der Waals surface area contributed by atoms with Crippen LogP contribution in [0.25, 0.3) is 0 Å². The van der Waals surface area contributed by atoms with Crippen molar-refractivity contribution >= 4 is 68.0 Å². The average molecular weight is 989 g/mol. The number of nitriles is 1. The second kappa shape index (κ2) is 22.2. The fourth-order valence-electron chi connectivity index (χ4n) is 8.79. The number of nitrogens with one attached hydrogen (secondary N) is 3. The number of aliphatic hydroxyl groups is 1. The highest BCUT2D eigenvalue weighted by atomic mass is 32.2. The van der Waals surface area contributed by atoms with E-state index in [0.717, 1.165) is 22.9 Å². The van der Waals surface area contributed by atoms with Gasteiger partial charge in [-0.3, -0.25) is 34.3 Å². The molecule has 4 aromatic carbocycles. The number of piperidine rings is 1. The molecule has 1 unspecified atom stereocenters. The van der Waals surface area contributed by atoms with E-state index in [0.29, 0.717) is 105 Å². The number of rotatable bonds is 20. The van der Waals surface area contributed by atoms with Crippen molar-refractivity contribution in [3.05, 3.63) is 124 Å². The quantitative estimate of drug-likeness (QED) is 0.0623. The second-order valence-corrected chi connectivity index (χ2v) is 19.2. The molecule has 3 aliphatic rings. The van der Waals surface area contributed by atoms with E-state index < -0.39 is 45.3 Å². The standard InChI is InChI=1S/C50H53FN10O9S/c1-32-10-11-33(31-62)26-42(32)60(30-35-7-4-3-6-34(35)28-52)46-38(51)29-54-50(57-46)55-36-12-13-40(43(27-36)71(2,67)68)59-19-17-58(18-20-59)21-23-70-25-24-69-22-16-53-39-9-5-8-37-45(39)49(66)61(48(37)65)41-14-15-44(63)56-47(41)64/h3-13,26-27,29,41,53,62H,14-25,30-31H2,1-2H3,(H,54,55,57)(H,56,63,64). The minimum Gasteiger partial charge on any atom is -0.392 e. The number of ether oxygens (including phenoxy) is 2. The first-order chi connectivity index (χ1) is 34.2. The normalized spacial score (nSPS) is 16.2. The number of imide groups is 2. The van der Waals surface area contributed by atoms with E-state index >= 15 is 4.39 Å². The molecule has 0 radical (unpaired) electrons. The summed E-state index contributed by atoms with van der Waals surface area (Å²) in [7, 11) is -3.72. The Morgan fingerprint density at radius 1 is 0.944 bits per heavy atom. The number of aryl methyl sites for hydroxylation is 1. The number of benzene rings is 4. The summed E-state index contributed by atoms with van der Waals surface area (Å²) in [6.45, 7) is 6.58. The maximum Gasteiger partial charge on any atom is 0.264 e. The summed E-state index contributed by atoms with van der Waals surface area (Å²) in [6.07, 6.45) is 2.29. The lowest BCUT2D eigenvalue weighted by molar-refractivity contribution is -0.136. The van der Waals surface area contributed by atoms with Crippen LogP contribution in [0.1, 0.15) is 55.8 Å². The fraction of sp³-hybridized carbons (Fsp3) is 0.340. The Hall–Kier alpha value is -7.35. The molecule has 21 heteroatoms. The smallest absolute Gasteiger partial charge is 0.264 e. The fourth-order valence-corrected chi connectivity index (χ4v) is 9.71. The number of fused-ring (bicyclic) bond motifs is 1. The van der Waals surface area contributed by atoms with Crippen molar-refractivity contribution in [2.24, 2.45) is 0 Å². The molecule has 0 spiro atoms. The van der Waals surface area contributed by atoms with Crippen LogP contribution in [-0.2, 0) is 42.1 Å². The van der Waals surface area contributed by atoms with Crippen LogP contribution >= 0.6 is 0 Å². The van der Waals surface area contributed by atoms with Crippen molar-refractivity contribution in [1.29, 1.82) is 5.26 Å². The van der Waals surface area contributed by atoms with Gasteiger partial charge in [0.2, 0.25) is 17.8 Å². The molecule has 3 aliphatic heterocycles. The molecule has 370 valence electrons. The zero-order valence-electron chi connectivity index (χ0n) is 39.2. The minimum atomic E-state index is -3.72. The number of hydrogen-bond donors (Lipinski definition) is 4. The third-order valence-corrected chi connectivity index (χ3v) is 13.6. The molecule has 1 atom stereocenters. The van der Waals surface area contributed by atoms with E-state index in [1.54, 1.807) is 65.6 Å². The number of piperazine rings is 1. The zero-order chi connectivity index (χ0) is 50.2. The number of sulfone groups is 1. The second-order valence-electron chi connectivity index (χ2n) is 17.2. The zero-order valence-corrected chi connectivity index (χ0v) is 40.0. The number of carbonyl (C=O) groups excluding carboxylic acids is 4. The number of hydrogen-bond acceptors (Lipinski definition) is 17. The number of aliphatic hydroxyl groups excluding tert-OH is 1. The number of carbonyl (C=O) groups is 4. The third-order valence-electron chi connectivity index (χ3n) is 12.5. The average Bonchev–Trinajstić information content (AvgIpc) is 3.62. The van der Waals surface area contributed by atoms with Crippen LogP contribution in [-0.4, -0.2) is 135 Å². The third kappa shape index (κ3) is 11.5. The van der Waals surface area contributed by atoms with Gasteiger partial charge in [-0.2, -0.15) is 10.2 Å². The van der Waals surface area contributed by atoms with Gasteiger partial charge in [0.1, 0.15) is 6.04 Å². The van der Waals surface area contributed by atoms with Gasteiger partial charge in [0, 0.05) is 69.0 Å². The van der Waals surface area contributed by atoms with E-state index in [1.807, 2.05) is 17.9 Å². The maximum absolute atomic E-state index is 15.8. The van der Waals surface area contributed by atoms with Gasteiger partial charge in [0.25, 0.3) is 11.8 Å². The number of halogens is 1. The molecule has 0 saturated carbocycles. The monoisotopic (exact) mass is 988 g/mol. The van der Waals surface area contributed by atoms with Crippen LogP contribution in [0.4, 0.5) is 38.9 Å². The molecule has 71 heavy (non-hydrogen) atoms. The molecule has 4 heterocycles. The Labute approximate surface area is 410 Å². The van der Waals surface area contributed by atoms with Crippen molar-refractivity contribution in [1.82, 2.24) is 25.1 Å². The predicted octanol–water partition coefficient (Wildman–Crippen LogP) is 4.44. The molecule has 1 aromatic heterocycles. The van der Waals surface area contributed by atoms with Gasteiger partial charge in [-0.15, -0.1) is 0 Å². The highest BCUT2D eigenvalue weighted by molar-refractivity contribution is 7.90. The first-order valence-electron chi connectivity index (χ1n) is 23.0. The van der Waals surface area contributed by atoms with Gasteiger partial charge < -0.3 is 35.0 Å². The Kier molecular flexibility index (Phi) is 15.6. The SMILES string of the molecule is Cc1ccc(CO)cc1N(Cc1ccccc1C#N)c1nc(Nc2ccc(N3CCN(CCOCCOCCNc4cccc5c4C(=O)N(C4CCC(=O)NC4=O)C5=O)CC3)c(S(C)(=O)=O)c2)ncc1F. The van der Waals surface area contributed by atoms with Crippen LogP contribution in [0.5, 0.6) is 0 Å². The number of aromatic nitrogens is 2. The number of nitrogens with zero attached hydrogens (tertiary/aromatic N) is 7. The van der Waals surface area contributed by atoms with Crippen LogP contribution in [0.15, 0.2) is 90.0 Å². The maximum atomic E-state index is 15.8. The summed E-state index contributed by atoms with van der Waals surface area (Å²) in [5, 5.41) is 28.2. The number of amides is 4. The van der Waals surface area contributed by atoms with Crippen LogP contribution in [0.2, 0.25) is 0 Å². The Balaban J connectivity index is 0.813. The van der Waals surface area contributed by atoms with E-state index in [-0.39, 0.29) is 53.8 Å². The minimum absolute atomic E-state index is 0.00886. The van der Waals surface area contributed by atoms with Crippen molar-refractivity contribution in [3.63, 3.8) is 0 Å². The largest absolute Gasteiger partial charge is 0.392 e. The Morgan fingerprint density at radius 2 is 1.72 bits per heavy atom. The topological polar surface area (TPSA) is 240 Å². The first-order valence-corrected chi connectivity index (χ1v) is 24.9. The van der Waals surface area contributed by atoms with Gasteiger partial charge in [-0.1, -0.05) is 36.4 Å². The Morgan fingerprint density at radius 3 is 2.46 bits per heavy atom. The highest BCUT2D eigenvalue weighted by Gasteiger charge is 2.45. The van der Waals surface area contributed by atoms with Crippen LogP contribution < -0.4 is 25.8 Å². The molecular formula is C50H53FN10O9S. The van der Waals surface area contributed by atoms with Gasteiger partial charge in [0.05, 0.1) is 79.1 Å². The lowest BCUT2D eigenvalue weighted by Crippen LogP contribution is -2.54. The van der Waals surface area contributed by atoms with Crippen LogP contribution in [0, 0.1) is 24.1 Å². The molecule has 8 rings (SSSR count). The van der Waals surface area contributed by atoms with Crippen molar-refractivity contribution < 1.29 is 46.6 Å². The molecule has 5 aromatic rings. The summed E-state index contributed by atoms with van der Waals surface area (Å²) >= 11 is 0. The summed E-state index contributed by atoms with van der Waals surface area (Å²) < 4.78 is 53.9.